The lowest BCUT2D eigenvalue weighted by Gasteiger charge is -2.43. The van der Waals surface area contributed by atoms with Gasteiger partial charge in [-0.15, -0.1) is 0 Å². The second-order valence-corrected chi connectivity index (χ2v) is 10.9. The summed E-state index contributed by atoms with van der Waals surface area (Å²) in [6, 6.07) is 20.5. The number of esters is 2. The molecule has 192 valence electrons. The van der Waals surface area contributed by atoms with Gasteiger partial charge in [-0.3, -0.25) is 9.59 Å². The SMILES string of the molecule is CC(CCCN(CCCC(C)(c1ccccc1)C1CC(=O)O1)C(N)=S)(c1ccccc1)C1CC(=O)O1. The lowest BCUT2D eigenvalue weighted by Crippen LogP contribution is -2.49. The van der Waals surface area contributed by atoms with Crippen molar-refractivity contribution in [3.05, 3.63) is 71.8 Å². The number of hydrogen-bond donors (Lipinski definition) is 1. The van der Waals surface area contributed by atoms with Crippen LogP contribution in [0.1, 0.15) is 63.5 Å². The van der Waals surface area contributed by atoms with Crippen molar-refractivity contribution in [3.63, 3.8) is 0 Å². The molecule has 2 heterocycles. The van der Waals surface area contributed by atoms with Gasteiger partial charge in [0, 0.05) is 23.9 Å². The first-order valence-corrected chi connectivity index (χ1v) is 13.2. The Labute approximate surface area is 219 Å². The first-order chi connectivity index (χ1) is 17.2. The van der Waals surface area contributed by atoms with E-state index < -0.39 is 0 Å². The van der Waals surface area contributed by atoms with Crippen molar-refractivity contribution < 1.29 is 19.1 Å². The minimum Gasteiger partial charge on any atom is -0.461 e. The van der Waals surface area contributed by atoms with E-state index in [1.54, 1.807) is 0 Å². The molecule has 2 aliphatic heterocycles. The molecule has 2 saturated heterocycles. The monoisotopic (exact) mass is 508 g/mol. The van der Waals surface area contributed by atoms with Gasteiger partial charge in [-0.2, -0.15) is 0 Å². The molecule has 2 aromatic carbocycles. The second kappa shape index (κ2) is 11.0. The summed E-state index contributed by atoms with van der Waals surface area (Å²) in [4.78, 5) is 25.2. The Hall–Kier alpha value is -2.93. The fourth-order valence-electron chi connectivity index (χ4n) is 5.54. The third-order valence-corrected chi connectivity index (χ3v) is 8.36. The van der Waals surface area contributed by atoms with E-state index in [9.17, 15) is 9.59 Å². The molecule has 0 aliphatic carbocycles. The number of nitrogens with zero attached hydrogens (tertiary/aromatic N) is 1. The van der Waals surface area contributed by atoms with Gasteiger partial charge in [-0.05, 0) is 49.0 Å². The highest BCUT2D eigenvalue weighted by atomic mass is 32.1. The number of cyclic esters (lactones) is 2. The Morgan fingerprint density at radius 1 is 0.833 bits per heavy atom. The molecule has 0 spiro atoms. The minimum atomic E-state index is -0.253. The van der Waals surface area contributed by atoms with Crippen LogP contribution in [0, 0.1) is 0 Å². The van der Waals surface area contributed by atoms with Crippen LogP contribution in [0.4, 0.5) is 0 Å². The van der Waals surface area contributed by atoms with Gasteiger partial charge in [-0.1, -0.05) is 74.5 Å². The van der Waals surface area contributed by atoms with Crippen LogP contribution in [-0.2, 0) is 29.9 Å². The molecule has 0 bridgehead atoms. The Kier molecular flexibility index (Phi) is 7.98. The van der Waals surface area contributed by atoms with Gasteiger partial charge in [0.05, 0.1) is 12.8 Å². The summed E-state index contributed by atoms with van der Waals surface area (Å²) in [5.41, 5.74) is 7.96. The van der Waals surface area contributed by atoms with Crippen LogP contribution >= 0.6 is 12.2 Å². The maximum atomic E-state index is 11.6. The Bertz CT molecular complexity index is 984. The van der Waals surface area contributed by atoms with Crippen LogP contribution in [0.15, 0.2) is 60.7 Å². The van der Waals surface area contributed by atoms with Crippen molar-refractivity contribution in [1.29, 1.82) is 0 Å². The van der Waals surface area contributed by atoms with Crippen LogP contribution in [0.5, 0.6) is 0 Å². The molecule has 6 nitrogen and oxygen atoms in total. The van der Waals surface area contributed by atoms with E-state index >= 15 is 0 Å². The number of ether oxygens (including phenoxy) is 2. The highest BCUT2D eigenvalue weighted by Crippen LogP contribution is 2.41. The van der Waals surface area contributed by atoms with Crippen molar-refractivity contribution >= 4 is 29.3 Å². The van der Waals surface area contributed by atoms with Crippen molar-refractivity contribution in [2.75, 3.05) is 13.1 Å². The van der Waals surface area contributed by atoms with E-state index in [0.29, 0.717) is 18.0 Å². The highest BCUT2D eigenvalue weighted by Gasteiger charge is 2.46. The molecule has 0 saturated carbocycles. The maximum Gasteiger partial charge on any atom is 0.309 e. The highest BCUT2D eigenvalue weighted by molar-refractivity contribution is 7.80. The van der Waals surface area contributed by atoms with Crippen LogP contribution < -0.4 is 5.73 Å². The van der Waals surface area contributed by atoms with E-state index in [4.69, 9.17) is 27.4 Å². The van der Waals surface area contributed by atoms with Crippen LogP contribution in [0.3, 0.4) is 0 Å². The van der Waals surface area contributed by atoms with E-state index in [-0.39, 0.29) is 35.0 Å². The van der Waals surface area contributed by atoms with Gasteiger partial charge >= 0.3 is 11.9 Å². The molecule has 4 unspecified atom stereocenters. The zero-order valence-corrected chi connectivity index (χ0v) is 22.0. The zero-order valence-electron chi connectivity index (χ0n) is 21.2. The average Bonchev–Trinajstić information content (AvgIpc) is 2.84. The molecule has 2 aromatic rings. The number of nitrogens with two attached hydrogens (primary N) is 1. The smallest absolute Gasteiger partial charge is 0.309 e. The molecular formula is C29H36N2O4S. The summed E-state index contributed by atoms with van der Waals surface area (Å²) in [6.07, 6.45) is 4.13. The van der Waals surface area contributed by atoms with E-state index in [0.717, 1.165) is 38.8 Å². The molecule has 0 amide bonds. The number of benzene rings is 2. The summed E-state index contributed by atoms with van der Waals surface area (Å²) < 4.78 is 11.0. The lowest BCUT2D eigenvalue weighted by atomic mass is 9.71. The average molecular weight is 509 g/mol. The quantitative estimate of drug-likeness (QED) is 0.330. The topological polar surface area (TPSA) is 81.9 Å². The van der Waals surface area contributed by atoms with Gasteiger partial charge < -0.3 is 20.1 Å². The minimum absolute atomic E-state index is 0.109. The fourth-order valence-corrected chi connectivity index (χ4v) is 5.72. The summed E-state index contributed by atoms with van der Waals surface area (Å²) in [5.74, 6) is -0.268. The molecule has 2 N–H and O–H groups in total. The van der Waals surface area contributed by atoms with Crippen LogP contribution in [0.2, 0.25) is 0 Å². The third-order valence-electron chi connectivity index (χ3n) is 8.10. The largest absolute Gasteiger partial charge is 0.461 e. The number of rotatable bonds is 12. The zero-order chi connectivity index (χ0) is 25.8. The number of carbonyl (C=O) groups excluding carboxylic acids is 2. The van der Waals surface area contributed by atoms with Crippen molar-refractivity contribution in [2.24, 2.45) is 5.73 Å². The van der Waals surface area contributed by atoms with E-state index in [2.05, 4.69) is 43.0 Å². The van der Waals surface area contributed by atoms with Crippen molar-refractivity contribution in [3.8, 4) is 0 Å². The maximum absolute atomic E-state index is 11.6. The first-order valence-electron chi connectivity index (χ1n) is 12.8. The number of thiocarbonyl (C=S) groups is 1. The van der Waals surface area contributed by atoms with Crippen molar-refractivity contribution in [2.45, 2.75) is 75.4 Å². The van der Waals surface area contributed by atoms with Gasteiger partial charge in [0.15, 0.2) is 5.11 Å². The number of carbonyl (C=O) groups is 2. The second-order valence-electron chi connectivity index (χ2n) is 10.5. The Morgan fingerprint density at radius 2 is 1.19 bits per heavy atom. The first kappa shape index (κ1) is 26.1. The molecule has 0 radical (unpaired) electrons. The number of hydrogen-bond acceptors (Lipinski definition) is 5. The normalized spacial score (nSPS) is 22.2. The molecule has 2 aliphatic rings. The van der Waals surface area contributed by atoms with E-state index in [1.807, 2.05) is 36.4 Å². The Balaban J connectivity index is 1.36. The predicted octanol–water partition coefficient (Wildman–Crippen LogP) is 4.64. The molecule has 4 rings (SSSR count). The summed E-state index contributed by atoms with van der Waals surface area (Å²) >= 11 is 5.38. The van der Waals surface area contributed by atoms with Crippen LogP contribution in [-0.4, -0.2) is 47.2 Å². The Morgan fingerprint density at radius 3 is 1.50 bits per heavy atom. The van der Waals surface area contributed by atoms with Gasteiger partial charge in [0.25, 0.3) is 0 Å². The predicted molar refractivity (Wildman–Crippen MR) is 143 cm³/mol. The molecule has 2 fully saturated rings. The third kappa shape index (κ3) is 5.56. The summed E-state index contributed by atoms with van der Waals surface area (Å²) in [7, 11) is 0. The fraction of sp³-hybridized carbons (Fsp3) is 0.483. The van der Waals surface area contributed by atoms with Crippen molar-refractivity contribution in [1.82, 2.24) is 4.90 Å². The van der Waals surface area contributed by atoms with Crippen LogP contribution in [0.25, 0.3) is 0 Å². The molecule has 7 heteroatoms. The van der Waals surface area contributed by atoms with E-state index in [1.165, 1.54) is 11.1 Å². The van der Waals surface area contributed by atoms with Gasteiger partial charge in [0.2, 0.25) is 0 Å². The molecule has 0 aromatic heterocycles. The van der Waals surface area contributed by atoms with Gasteiger partial charge in [-0.25, -0.2) is 0 Å². The molecular weight excluding hydrogens is 472 g/mol. The van der Waals surface area contributed by atoms with Gasteiger partial charge in [0.1, 0.15) is 12.2 Å². The molecule has 4 atom stereocenters. The summed E-state index contributed by atoms with van der Waals surface area (Å²) in [5, 5.41) is 0.392. The summed E-state index contributed by atoms with van der Waals surface area (Å²) in [6.45, 7) is 5.82. The standard InChI is InChI=1S/C29H36N2O4S/c1-28(23-19-25(32)34-23,21-11-5-3-6-12-21)15-9-17-31(27(30)36)18-10-16-29(2,24-20-26(33)35-24)22-13-7-4-8-14-22/h3-8,11-14,23-24H,9-10,15-20H2,1-2H3,(H2,30,36). The molecule has 36 heavy (non-hydrogen) atoms. The lowest BCUT2D eigenvalue weighted by molar-refractivity contribution is -0.178.